The third-order valence-corrected chi connectivity index (χ3v) is 5.14. The van der Waals surface area contributed by atoms with E-state index in [0.717, 1.165) is 28.1 Å². The van der Waals surface area contributed by atoms with Gasteiger partial charge in [0, 0.05) is 11.5 Å². The molecule has 0 atom stereocenters. The van der Waals surface area contributed by atoms with Crippen molar-refractivity contribution in [3.63, 3.8) is 0 Å². The maximum absolute atomic E-state index is 13.0. The lowest BCUT2D eigenvalue weighted by Gasteiger charge is -2.17. The zero-order chi connectivity index (χ0) is 22.2. The molecule has 0 saturated heterocycles. The molecule has 0 bridgehead atoms. The first kappa shape index (κ1) is 20.7. The van der Waals surface area contributed by atoms with Crippen LogP contribution in [-0.2, 0) is 12.1 Å². The van der Waals surface area contributed by atoms with Gasteiger partial charge in [-0.05, 0) is 48.7 Å². The monoisotopic (exact) mass is 417 g/mol. The molecule has 0 aliphatic rings. The van der Waals surface area contributed by atoms with E-state index in [1.54, 1.807) is 9.25 Å². The van der Waals surface area contributed by atoms with Gasteiger partial charge >= 0.3 is 5.69 Å². The summed E-state index contributed by atoms with van der Waals surface area (Å²) in [6.07, 6.45) is 0. The molecule has 0 fully saturated rings. The average Bonchev–Trinajstić information content (AvgIpc) is 3.37. The Morgan fingerprint density at radius 3 is 2.32 bits per heavy atom. The Bertz CT molecular complexity index is 1230. The predicted molar refractivity (Wildman–Crippen MR) is 120 cm³/mol. The van der Waals surface area contributed by atoms with E-state index >= 15 is 0 Å². The summed E-state index contributed by atoms with van der Waals surface area (Å²) in [6, 6.07) is 16.3. The Hall–Kier alpha value is -3.55. The highest BCUT2D eigenvalue weighted by atomic mass is 16.2. The molecule has 2 heterocycles. The first-order valence-electron chi connectivity index (χ1n) is 10.4. The molecule has 8 heteroatoms. The normalized spacial score (nSPS) is 11.9. The van der Waals surface area contributed by atoms with Crippen molar-refractivity contribution < 1.29 is 0 Å². The first-order chi connectivity index (χ1) is 14.7. The number of aromatic nitrogens is 7. The van der Waals surface area contributed by atoms with Crippen LogP contribution < -0.4 is 5.69 Å². The second-order valence-corrected chi connectivity index (χ2v) is 8.98. The number of hydrogen-bond donors (Lipinski definition) is 1. The van der Waals surface area contributed by atoms with E-state index in [4.69, 9.17) is 0 Å². The summed E-state index contributed by atoms with van der Waals surface area (Å²) in [7, 11) is 0. The van der Waals surface area contributed by atoms with Crippen LogP contribution >= 0.6 is 0 Å². The van der Waals surface area contributed by atoms with Crippen LogP contribution in [0.2, 0.25) is 0 Å². The van der Waals surface area contributed by atoms with Crippen molar-refractivity contribution in [1.82, 2.24) is 35.0 Å². The molecule has 0 aliphatic heterocycles. The Morgan fingerprint density at radius 1 is 1.00 bits per heavy atom. The van der Waals surface area contributed by atoms with Gasteiger partial charge < -0.3 is 0 Å². The van der Waals surface area contributed by atoms with Gasteiger partial charge in [0.2, 0.25) is 5.82 Å². The minimum Gasteiger partial charge on any atom is -0.274 e. The van der Waals surface area contributed by atoms with Crippen LogP contribution in [0.5, 0.6) is 0 Å². The maximum Gasteiger partial charge on any atom is 0.346 e. The lowest BCUT2D eigenvalue weighted by atomic mass is 10.0. The molecule has 2 aromatic heterocycles. The summed E-state index contributed by atoms with van der Waals surface area (Å²) in [5.74, 6) is 1.52. The molecule has 0 saturated carbocycles. The lowest BCUT2D eigenvalue weighted by molar-refractivity contribution is 0.339. The van der Waals surface area contributed by atoms with Crippen molar-refractivity contribution in [2.24, 2.45) is 0 Å². The van der Waals surface area contributed by atoms with Gasteiger partial charge in [0.25, 0.3) is 0 Å². The summed E-state index contributed by atoms with van der Waals surface area (Å²) in [5.41, 5.74) is 3.66. The van der Waals surface area contributed by atoms with Crippen molar-refractivity contribution in [2.75, 3.05) is 0 Å². The van der Waals surface area contributed by atoms with Gasteiger partial charge in [-0.15, -0.1) is 10.2 Å². The van der Waals surface area contributed by atoms with Crippen LogP contribution in [-0.4, -0.2) is 35.0 Å². The quantitative estimate of drug-likeness (QED) is 0.533. The van der Waals surface area contributed by atoms with Crippen LogP contribution in [0.1, 0.15) is 51.9 Å². The molecule has 0 spiro atoms. The van der Waals surface area contributed by atoms with Crippen LogP contribution in [0.4, 0.5) is 0 Å². The summed E-state index contributed by atoms with van der Waals surface area (Å²) in [6.45, 7) is 10.6. The van der Waals surface area contributed by atoms with Crippen molar-refractivity contribution in [3.8, 4) is 22.5 Å². The summed E-state index contributed by atoms with van der Waals surface area (Å²) in [4.78, 5) is 13.0. The molecule has 4 aromatic rings. The van der Waals surface area contributed by atoms with E-state index in [1.807, 2.05) is 45.0 Å². The van der Waals surface area contributed by atoms with Crippen molar-refractivity contribution in [2.45, 2.75) is 52.6 Å². The minimum absolute atomic E-state index is 0.0758. The SMILES string of the molecule is CC(C)c1nn(C(C)(C)C)c(=O)n1Cc1ccc(-c2cccc(-c3nn[nH]n3)c2)cc1. The Morgan fingerprint density at radius 2 is 1.71 bits per heavy atom. The molecule has 0 unspecified atom stereocenters. The highest BCUT2D eigenvalue weighted by molar-refractivity contribution is 5.70. The van der Waals surface area contributed by atoms with Crippen LogP contribution in [0, 0.1) is 0 Å². The van der Waals surface area contributed by atoms with Gasteiger partial charge in [0.05, 0.1) is 12.1 Å². The largest absolute Gasteiger partial charge is 0.346 e. The lowest BCUT2D eigenvalue weighted by Crippen LogP contribution is -2.36. The molecule has 31 heavy (non-hydrogen) atoms. The maximum atomic E-state index is 13.0. The second-order valence-electron chi connectivity index (χ2n) is 8.98. The molecule has 0 aliphatic carbocycles. The van der Waals surface area contributed by atoms with Gasteiger partial charge in [0.1, 0.15) is 5.82 Å². The van der Waals surface area contributed by atoms with Gasteiger partial charge in [-0.3, -0.25) is 4.57 Å². The summed E-state index contributed by atoms with van der Waals surface area (Å²) >= 11 is 0. The number of rotatable bonds is 5. The molecule has 2 aromatic carbocycles. The van der Waals surface area contributed by atoms with Crippen molar-refractivity contribution in [1.29, 1.82) is 0 Å². The molecule has 0 amide bonds. The summed E-state index contributed by atoms with van der Waals surface area (Å²) < 4.78 is 3.36. The number of nitrogens with zero attached hydrogens (tertiary/aromatic N) is 6. The highest BCUT2D eigenvalue weighted by Crippen LogP contribution is 2.25. The zero-order valence-corrected chi connectivity index (χ0v) is 18.5. The van der Waals surface area contributed by atoms with E-state index in [9.17, 15) is 4.79 Å². The van der Waals surface area contributed by atoms with Gasteiger partial charge in [-0.1, -0.05) is 56.3 Å². The Labute approximate surface area is 180 Å². The number of aromatic amines is 1. The fourth-order valence-electron chi connectivity index (χ4n) is 3.53. The molecule has 0 radical (unpaired) electrons. The Kier molecular flexibility index (Phi) is 5.31. The fraction of sp³-hybridized carbons (Fsp3) is 0.348. The molecular formula is C23H27N7O. The van der Waals surface area contributed by atoms with E-state index in [0.29, 0.717) is 12.4 Å². The standard InChI is InChI=1S/C23H27N7O/c1-15(2)21-26-30(23(3,4)5)22(31)29(21)14-16-9-11-17(12-10-16)18-7-6-8-19(13-18)20-24-27-28-25-20/h6-13,15H,14H2,1-5H3,(H,24,25,27,28). The number of hydrogen-bond acceptors (Lipinski definition) is 5. The van der Waals surface area contributed by atoms with Gasteiger partial charge in [-0.25, -0.2) is 9.48 Å². The van der Waals surface area contributed by atoms with Crippen LogP contribution in [0.3, 0.4) is 0 Å². The third kappa shape index (κ3) is 4.19. The highest BCUT2D eigenvalue weighted by Gasteiger charge is 2.23. The van der Waals surface area contributed by atoms with E-state index in [2.05, 4.69) is 63.8 Å². The van der Waals surface area contributed by atoms with Crippen LogP contribution in [0.25, 0.3) is 22.5 Å². The molecule has 1 N–H and O–H groups in total. The minimum atomic E-state index is -0.362. The van der Waals surface area contributed by atoms with E-state index in [1.165, 1.54) is 0 Å². The molecular weight excluding hydrogens is 390 g/mol. The number of nitrogens with one attached hydrogen (secondary N) is 1. The third-order valence-electron chi connectivity index (χ3n) is 5.14. The number of benzene rings is 2. The van der Waals surface area contributed by atoms with E-state index in [-0.39, 0.29) is 17.1 Å². The summed E-state index contributed by atoms with van der Waals surface area (Å²) in [5, 5.41) is 18.8. The fourth-order valence-corrected chi connectivity index (χ4v) is 3.53. The van der Waals surface area contributed by atoms with E-state index < -0.39 is 0 Å². The van der Waals surface area contributed by atoms with Crippen molar-refractivity contribution in [3.05, 3.63) is 70.4 Å². The smallest absolute Gasteiger partial charge is 0.274 e. The van der Waals surface area contributed by atoms with Crippen LogP contribution in [0.15, 0.2) is 53.3 Å². The molecule has 4 rings (SSSR count). The van der Waals surface area contributed by atoms with Crippen molar-refractivity contribution >= 4 is 0 Å². The zero-order valence-electron chi connectivity index (χ0n) is 18.5. The number of H-pyrrole nitrogens is 1. The second kappa shape index (κ2) is 7.94. The Balaban J connectivity index is 1.63. The average molecular weight is 418 g/mol. The number of tetrazole rings is 1. The molecule has 160 valence electrons. The van der Waals surface area contributed by atoms with Gasteiger partial charge in [-0.2, -0.15) is 10.3 Å². The predicted octanol–water partition coefficient (Wildman–Crippen LogP) is 3.82. The first-order valence-corrected chi connectivity index (χ1v) is 10.4. The van der Waals surface area contributed by atoms with Gasteiger partial charge in [0.15, 0.2) is 0 Å². The topological polar surface area (TPSA) is 94.3 Å². The molecule has 8 nitrogen and oxygen atoms in total.